The molecule has 0 radical (unpaired) electrons. The molecule has 0 saturated heterocycles. The maximum atomic E-state index is 11.7. The largest absolute Gasteiger partial charge is 0.481 e. The Morgan fingerprint density at radius 2 is 2.41 bits per heavy atom. The number of ether oxygens (including phenoxy) is 1. The van der Waals surface area contributed by atoms with Crippen molar-refractivity contribution in [2.24, 2.45) is 11.7 Å². The van der Waals surface area contributed by atoms with Gasteiger partial charge in [0.2, 0.25) is 11.8 Å². The Kier molecular flexibility index (Phi) is 5.42. The zero-order valence-corrected chi connectivity index (χ0v) is 10.3. The second-order valence-corrected chi connectivity index (χ2v) is 3.77. The SMILES string of the molecule is CCC(CN)C(=O)NCc1ccnc(OC)c1. The molecule has 1 amide bonds. The van der Waals surface area contributed by atoms with Crippen LogP contribution in [0.15, 0.2) is 18.3 Å². The average Bonchev–Trinajstić information content (AvgIpc) is 2.38. The van der Waals surface area contributed by atoms with Crippen LogP contribution in [0.2, 0.25) is 0 Å². The summed E-state index contributed by atoms with van der Waals surface area (Å²) in [6.07, 6.45) is 2.41. The highest BCUT2D eigenvalue weighted by molar-refractivity contribution is 5.78. The van der Waals surface area contributed by atoms with Crippen LogP contribution < -0.4 is 15.8 Å². The van der Waals surface area contributed by atoms with Crippen LogP contribution in [0.4, 0.5) is 0 Å². The second-order valence-electron chi connectivity index (χ2n) is 3.77. The average molecular weight is 237 g/mol. The van der Waals surface area contributed by atoms with Crippen LogP contribution in [0.25, 0.3) is 0 Å². The van der Waals surface area contributed by atoms with Gasteiger partial charge in [0.15, 0.2) is 0 Å². The van der Waals surface area contributed by atoms with E-state index in [2.05, 4.69) is 10.3 Å². The first kappa shape index (κ1) is 13.4. The van der Waals surface area contributed by atoms with Gasteiger partial charge >= 0.3 is 0 Å². The summed E-state index contributed by atoms with van der Waals surface area (Å²) in [6, 6.07) is 3.63. The maximum Gasteiger partial charge on any atom is 0.224 e. The summed E-state index contributed by atoms with van der Waals surface area (Å²) in [6.45, 7) is 2.79. The number of nitrogens with two attached hydrogens (primary N) is 1. The number of amides is 1. The molecule has 1 unspecified atom stereocenters. The van der Waals surface area contributed by atoms with E-state index in [1.54, 1.807) is 19.4 Å². The van der Waals surface area contributed by atoms with E-state index in [1.165, 1.54) is 0 Å². The molecular formula is C12H19N3O2. The van der Waals surface area contributed by atoms with Crippen LogP contribution in [-0.4, -0.2) is 24.5 Å². The van der Waals surface area contributed by atoms with Crippen molar-refractivity contribution in [3.63, 3.8) is 0 Å². The smallest absolute Gasteiger partial charge is 0.224 e. The van der Waals surface area contributed by atoms with Gasteiger partial charge in [0.05, 0.1) is 7.11 Å². The molecule has 0 aromatic carbocycles. The highest BCUT2D eigenvalue weighted by Gasteiger charge is 2.13. The molecule has 5 nitrogen and oxygen atoms in total. The van der Waals surface area contributed by atoms with E-state index in [4.69, 9.17) is 10.5 Å². The Morgan fingerprint density at radius 1 is 1.65 bits per heavy atom. The summed E-state index contributed by atoms with van der Waals surface area (Å²) in [5.74, 6) is 0.423. The number of nitrogens with one attached hydrogen (secondary N) is 1. The second kappa shape index (κ2) is 6.85. The molecule has 1 aromatic rings. The van der Waals surface area contributed by atoms with Gasteiger partial charge in [-0.05, 0) is 18.1 Å². The summed E-state index contributed by atoms with van der Waals surface area (Å²) >= 11 is 0. The zero-order valence-electron chi connectivity index (χ0n) is 10.3. The fraction of sp³-hybridized carbons (Fsp3) is 0.500. The molecular weight excluding hydrogens is 218 g/mol. The number of carbonyl (C=O) groups excluding carboxylic acids is 1. The van der Waals surface area contributed by atoms with Crippen LogP contribution >= 0.6 is 0 Å². The highest BCUT2D eigenvalue weighted by Crippen LogP contribution is 2.08. The summed E-state index contributed by atoms with van der Waals surface area (Å²) in [5, 5.41) is 2.85. The van der Waals surface area contributed by atoms with Crippen LogP contribution in [-0.2, 0) is 11.3 Å². The summed E-state index contributed by atoms with van der Waals surface area (Å²) in [4.78, 5) is 15.7. The lowest BCUT2D eigenvalue weighted by molar-refractivity contribution is -0.124. The van der Waals surface area contributed by atoms with Crippen molar-refractivity contribution in [3.05, 3.63) is 23.9 Å². The van der Waals surface area contributed by atoms with Crippen molar-refractivity contribution < 1.29 is 9.53 Å². The molecule has 1 heterocycles. The van der Waals surface area contributed by atoms with Crippen molar-refractivity contribution in [3.8, 4) is 5.88 Å². The lowest BCUT2D eigenvalue weighted by Crippen LogP contribution is -2.34. The number of hydrogen-bond donors (Lipinski definition) is 2. The van der Waals surface area contributed by atoms with Crippen LogP contribution in [0.5, 0.6) is 5.88 Å². The highest BCUT2D eigenvalue weighted by atomic mass is 16.5. The molecule has 1 rings (SSSR count). The third kappa shape index (κ3) is 4.03. The van der Waals surface area contributed by atoms with Crippen LogP contribution in [0, 0.1) is 5.92 Å². The molecule has 0 fully saturated rings. The summed E-state index contributed by atoms with van der Waals surface area (Å²) in [7, 11) is 1.56. The molecule has 5 heteroatoms. The molecule has 0 aliphatic rings. The Hall–Kier alpha value is -1.62. The van der Waals surface area contributed by atoms with Crippen molar-refractivity contribution in [2.45, 2.75) is 19.9 Å². The van der Waals surface area contributed by atoms with E-state index in [-0.39, 0.29) is 11.8 Å². The fourth-order valence-electron chi connectivity index (χ4n) is 1.46. The zero-order chi connectivity index (χ0) is 12.7. The van der Waals surface area contributed by atoms with Crippen molar-refractivity contribution in [1.29, 1.82) is 0 Å². The van der Waals surface area contributed by atoms with Gasteiger partial charge in [-0.2, -0.15) is 0 Å². The number of pyridine rings is 1. The fourth-order valence-corrected chi connectivity index (χ4v) is 1.46. The number of rotatable bonds is 6. The van der Waals surface area contributed by atoms with E-state index in [0.29, 0.717) is 19.0 Å². The van der Waals surface area contributed by atoms with Gasteiger partial charge in [0.1, 0.15) is 0 Å². The number of aromatic nitrogens is 1. The molecule has 17 heavy (non-hydrogen) atoms. The summed E-state index contributed by atoms with van der Waals surface area (Å²) in [5.41, 5.74) is 6.46. The minimum absolute atomic E-state index is 0.00854. The van der Waals surface area contributed by atoms with Crippen molar-refractivity contribution in [2.75, 3.05) is 13.7 Å². The van der Waals surface area contributed by atoms with Gasteiger partial charge in [-0.1, -0.05) is 6.92 Å². The maximum absolute atomic E-state index is 11.7. The quantitative estimate of drug-likeness (QED) is 0.763. The number of nitrogens with zero attached hydrogens (tertiary/aromatic N) is 1. The first-order chi connectivity index (χ1) is 8.21. The molecule has 1 aromatic heterocycles. The van der Waals surface area contributed by atoms with Gasteiger partial charge in [0.25, 0.3) is 0 Å². The summed E-state index contributed by atoms with van der Waals surface area (Å²) < 4.78 is 5.01. The molecule has 0 saturated carbocycles. The van der Waals surface area contributed by atoms with Gasteiger partial charge in [-0.3, -0.25) is 4.79 Å². The lowest BCUT2D eigenvalue weighted by atomic mass is 10.1. The van der Waals surface area contributed by atoms with E-state index < -0.39 is 0 Å². The minimum Gasteiger partial charge on any atom is -0.481 e. The van der Waals surface area contributed by atoms with Crippen LogP contribution in [0.3, 0.4) is 0 Å². The third-order valence-electron chi connectivity index (χ3n) is 2.62. The number of carbonyl (C=O) groups is 1. The van der Waals surface area contributed by atoms with E-state index in [1.807, 2.05) is 13.0 Å². The van der Waals surface area contributed by atoms with E-state index >= 15 is 0 Å². The molecule has 0 aliphatic carbocycles. The van der Waals surface area contributed by atoms with Crippen LogP contribution in [0.1, 0.15) is 18.9 Å². The van der Waals surface area contributed by atoms with Gasteiger partial charge < -0.3 is 15.8 Å². The molecule has 0 spiro atoms. The predicted molar refractivity (Wildman–Crippen MR) is 65.5 cm³/mol. The third-order valence-corrected chi connectivity index (χ3v) is 2.62. The molecule has 1 atom stereocenters. The van der Waals surface area contributed by atoms with Crippen molar-refractivity contribution in [1.82, 2.24) is 10.3 Å². The normalized spacial score (nSPS) is 11.9. The van der Waals surface area contributed by atoms with E-state index in [9.17, 15) is 4.79 Å². The topological polar surface area (TPSA) is 77.2 Å². The molecule has 94 valence electrons. The Balaban J connectivity index is 2.52. The number of hydrogen-bond acceptors (Lipinski definition) is 4. The molecule has 0 aliphatic heterocycles. The molecule has 3 N–H and O–H groups in total. The first-order valence-electron chi connectivity index (χ1n) is 5.68. The Labute approximate surface area is 101 Å². The first-order valence-corrected chi connectivity index (χ1v) is 5.68. The molecule has 0 bridgehead atoms. The Morgan fingerprint density at radius 3 is 3.00 bits per heavy atom. The monoisotopic (exact) mass is 237 g/mol. The van der Waals surface area contributed by atoms with Gasteiger partial charge in [0, 0.05) is 31.3 Å². The lowest BCUT2D eigenvalue weighted by Gasteiger charge is -2.12. The Bertz CT molecular complexity index is 365. The standard InChI is InChI=1S/C12H19N3O2/c1-3-10(7-13)12(16)15-8-9-4-5-14-11(6-9)17-2/h4-6,10H,3,7-8,13H2,1-2H3,(H,15,16). The number of methoxy groups -OCH3 is 1. The van der Waals surface area contributed by atoms with Crippen molar-refractivity contribution >= 4 is 5.91 Å². The van der Waals surface area contributed by atoms with Gasteiger partial charge in [-0.25, -0.2) is 4.98 Å². The predicted octanol–water partition coefficient (Wildman–Crippen LogP) is 0.691. The van der Waals surface area contributed by atoms with Gasteiger partial charge in [-0.15, -0.1) is 0 Å². The minimum atomic E-state index is -0.112. The van der Waals surface area contributed by atoms with E-state index in [0.717, 1.165) is 12.0 Å².